The highest BCUT2D eigenvalue weighted by Gasteiger charge is 2.29. The SMILES string of the molecule is Cc1ccc(C)c2sc(N(Cc3ccccc3)C(=O)c3nnc4n3CCC4)nc12. The molecule has 0 saturated carbocycles. The number of carbonyl (C=O) groups is 1. The zero-order valence-electron chi connectivity index (χ0n) is 16.4. The van der Waals surface area contributed by atoms with Crippen molar-refractivity contribution < 1.29 is 4.79 Å². The van der Waals surface area contributed by atoms with Crippen LogP contribution in [0.1, 0.15) is 39.6 Å². The number of aryl methyl sites for hydroxylation is 3. The zero-order valence-corrected chi connectivity index (χ0v) is 17.2. The van der Waals surface area contributed by atoms with E-state index < -0.39 is 0 Å². The van der Waals surface area contributed by atoms with Crippen LogP contribution in [0, 0.1) is 13.8 Å². The van der Waals surface area contributed by atoms with Gasteiger partial charge in [0.1, 0.15) is 5.82 Å². The summed E-state index contributed by atoms with van der Waals surface area (Å²) in [5, 5.41) is 9.13. The fourth-order valence-electron chi connectivity index (χ4n) is 3.79. The molecule has 0 saturated heterocycles. The van der Waals surface area contributed by atoms with E-state index in [1.54, 1.807) is 16.2 Å². The van der Waals surface area contributed by atoms with Gasteiger partial charge < -0.3 is 4.57 Å². The smallest absolute Gasteiger partial charge is 0.298 e. The van der Waals surface area contributed by atoms with Crippen LogP contribution in [0.3, 0.4) is 0 Å². The summed E-state index contributed by atoms with van der Waals surface area (Å²) in [6, 6.07) is 14.2. The van der Waals surface area contributed by atoms with Crippen molar-refractivity contribution in [2.75, 3.05) is 4.90 Å². The van der Waals surface area contributed by atoms with Crippen molar-refractivity contribution in [3.63, 3.8) is 0 Å². The summed E-state index contributed by atoms with van der Waals surface area (Å²) in [7, 11) is 0. The number of fused-ring (bicyclic) bond motifs is 2. The molecule has 0 unspecified atom stereocenters. The molecule has 146 valence electrons. The topological polar surface area (TPSA) is 63.9 Å². The Kier molecular flexibility index (Phi) is 4.39. The first-order valence-electron chi connectivity index (χ1n) is 9.76. The van der Waals surface area contributed by atoms with Crippen LogP contribution >= 0.6 is 11.3 Å². The molecule has 29 heavy (non-hydrogen) atoms. The molecule has 5 rings (SSSR count). The van der Waals surface area contributed by atoms with Gasteiger partial charge in [-0.15, -0.1) is 10.2 Å². The summed E-state index contributed by atoms with van der Waals surface area (Å²) in [6.45, 7) is 5.37. The van der Waals surface area contributed by atoms with Crippen LogP contribution in [0.2, 0.25) is 0 Å². The zero-order chi connectivity index (χ0) is 20.0. The van der Waals surface area contributed by atoms with E-state index in [0.29, 0.717) is 17.5 Å². The minimum atomic E-state index is -0.149. The lowest BCUT2D eigenvalue weighted by Gasteiger charge is -2.19. The van der Waals surface area contributed by atoms with E-state index in [0.717, 1.165) is 46.6 Å². The van der Waals surface area contributed by atoms with Gasteiger partial charge in [0.15, 0.2) is 5.13 Å². The number of hydrogen-bond acceptors (Lipinski definition) is 5. The van der Waals surface area contributed by atoms with Gasteiger partial charge in [-0.3, -0.25) is 9.69 Å². The number of aromatic nitrogens is 4. The standard InChI is InChI=1S/C22H21N5OS/c1-14-10-11-15(2)19-18(14)23-22(29-19)27(13-16-7-4-3-5-8-16)21(28)20-25-24-17-9-6-12-26(17)20/h3-5,7-8,10-11H,6,9,12-13H2,1-2H3. The van der Waals surface area contributed by atoms with E-state index in [9.17, 15) is 4.79 Å². The highest BCUT2D eigenvalue weighted by molar-refractivity contribution is 7.22. The monoisotopic (exact) mass is 403 g/mol. The Balaban J connectivity index is 1.61. The molecule has 0 N–H and O–H groups in total. The van der Waals surface area contributed by atoms with Crippen LogP contribution in [0.15, 0.2) is 42.5 Å². The van der Waals surface area contributed by atoms with Crippen LogP contribution in [0.25, 0.3) is 10.2 Å². The van der Waals surface area contributed by atoms with Gasteiger partial charge >= 0.3 is 0 Å². The summed E-state index contributed by atoms with van der Waals surface area (Å²) in [6.07, 6.45) is 1.88. The fraction of sp³-hybridized carbons (Fsp3) is 0.273. The maximum atomic E-state index is 13.6. The predicted octanol–water partition coefficient (Wildman–Crippen LogP) is 4.30. The number of carbonyl (C=O) groups excluding carboxylic acids is 1. The first-order valence-corrected chi connectivity index (χ1v) is 10.6. The molecule has 1 amide bonds. The van der Waals surface area contributed by atoms with E-state index in [1.807, 2.05) is 34.9 Å². The highest BCUT2D eigenvalue weighted by atomic mass is 32.1. The Morgan fingerprint density at radius 3 is 2.69 bits per heavy atom. The van der Waals surface area contributed by atoms with Crippen LogP contribution in [0.4, 0.5) is 5.13 Å². The number of amides is 1. The van der Waals surface area contributed by atoms with Crippen molar-refractivity contribution in [3.05, 3.63) is 70.8 Å². The van der Waals surface area contributed by atoms with Crippen molar-refractivity contribution in [3.8, 4) is 0 Å². The molecule has 1 aliphatic heterocycles. The largest absolute Gasteiger partial charge is 0.307 e. The van der Waals surface area contributed by atoms with Crippen LogP contribution in [-0.4, -0.2) is 25.7 Å². The van der Waals surface area contributed by atoms with Gasteiger partial charge in [-0.1, -0.05) is 53.8 Å². The summed E-state index contributed by atoms with van der Waals surface area (Å²) in [4.78, 5) is 20.2. The summed E-state index contributed by atoms with van der Waals surface area (Å²) in [5.41, 5.74) is 4.30. The Bertz CT molecular complexity index is 1170. The van der Waals surface area contributed by atoms with Crippen molar-refractivity contribution in [2.24, 2.45) is 0 Å². The minimum absolute atomic E-state index is 0.149. The third-order valence-corrected chi connectivity index (χ3v) is 6.60. The molecule has 2 aromatic carbocycles. The molecule has 1 aliphatic rings. The van der Waals surface area contributed by atoms with Crippen molar-refractivity contribution in [1.82, 2.24) is 19.7 Å². The normalized spacial score (nSPS) is 13.0. The molecule has 3 heterocycles. The first kappa shape index (κ1) is 18.0. The number of thiazole rings is 1. The molecule has 4 aromatic rings. The lowest BCUT2D eigenvalue weighted by atomic mass is 10.1. The van der Waals surface area contributed by atoms with E-state index >= 15 is 0 Å². The lowest BCUT2D eigenvalue weighted by Crippen LogP contribution is -2.32. The van der Waals surface area contributed by atoms with E-state index in [-0.39, 0.29) is 5.91 Å². The van der Waals surface area contributed by atoms with Gasteiger partial charge in [0.05, 0.1) is 16.8 Å². The second-order valence-electron chi connectivity index (χ2n) is 7.45. The molecular formula is C22H21N5OS. The van der Waals surface area contributed by atoms with Crippen molar-refractivity contribution in [2.45, 2.75) is 39.8 Å². The summed E-state index contributed by atoms with van der Waals surface area (Å²) >= 11 is 1.56. The van der Waals surface area contributed by atoms with Crippen molar-refractivity contribution >= 4 is 32.6 Å². The third kappa shape index (κ3) is 3.11. The lowest BCUT2D eigenvalue weighted by molar-refractivity contribution is 0.0970. The molecule has 0 spiro atoms. The number of hydrogen-bond donors (Lipinski definition) is 0. The summed E-state index contributed by atoms with van der Waals surface area (Å²) in [5.74, 6) is 1.15. The molecule has 6 nitrogen and oxygen atoms in total. The molecule has 0 radical (unpaired) electrons. The molecule has 2 aromatic heterocycles. The first-order chi connectivity index (χ1) is 14.1. The number of nitrogens with zero attached hydrogens (tertiary/aromatic N) is 5. The van der Waals surface area contributed by atoms with E-state index in [4.69, 9.17) is 4.98 Å². The summed E-state index contributed by atoms with van der Waals surface area (Å²) < 4.78 is 3.07. The average Bonchev–Trinajstić information content (AvgIpc) is 3.45. The van der Waals surface area contributed by atoms with Crippen molar-refractivity contribution in [1.29, 1.82) is 0 Å². The van der Waals surface area contributed by atoms with Crippen LogP contribution < -0.4 is 4.90 Å². The minimum Gasteiger partial charge on any atom is -0.307 e. The fourth-order valence-corrected chi connectivity index (χ4v) is 4.89. The second kappa shape index (κ2) is 7.08. The molecule has 0 atom stereocenters. The van der Waals surface area contributed by atoms with Gasteiger partial charge in [0.25, 0.3) is 5.91 Å². The Morgan fingerprint density at radius 1 is 1.10 bits per heavy atom. The molecule has 0 fully saturated rings. The predicted molar refractivity (Wildman–Crippen MR) is 114 cm³/mol. The Labute approximate surface area is 172 Å². The Hall–Kier alpha value is -3.06. The number of benzene rings is 2. The number of anilines is 1. The number of rotatable bonds is 4. The molecule has 7 heteroatoms. The third-order valence-electron chi connectivity index (χ3n) is 5.39. The van der Waals surface area contributed by atoms with Gasteiger partial charge in [-0.05, 0) is 37.0 Å². The second-order valence-corrected chi connectivity index (χ2v) is 8.42. The van der Waals surface area contributed by atoms with E-state index in [1.165, 1.54) is 5.56 Å². The molecule has 0 aliphatic carbocycles. The quantitative estimate of drug-likeness (QED) is 0.510. The van der Waals surface area contributed by atoms with Gasteiger partial charge in [-0.2, -0.15) is 0 Å². The maximum absolute atomic E-state index is 13.6. The average molecular weight is 404 g/mol. The van der Waals surface area contributed by atoms with Crippen LogP contribution in [0.5, 0.6) is 0 Å². The van der Waals surface area contributed by atoms with E-state index in [2.05, 4.69) is 36.2 Å². The van der Waals surface area contributed by atoms with Gasteiger partial charge in [-0.25, -0.2) is 4.98 Å². The van der Waals surface area contributed by atoms with Gasteiger partial charge in [0.2, 0.25) is 5.82 Å². The van der Waals surface area contributed by atoms with Crippen LogP contribution in [-0.2, 0) is 19.5 Å². The Morgan fingerprint density at radius 2 is 1.90 bits per heavy atom. The highest BCUT2D eigenvalue weighted by Crippen LogP contribution is 2.34. The molecule has 0 bridgehead atoms. The van der Waals surface area contributed by atoms with Gasteiger partial charge in [0, 0.05) is 13.0 Å². The molecular weight excluding hydrogens is 382 g/mol. The maximum Gasteiger partial charge on any atom is 0.298 e.